The van der Waals surface area contributed by atoms with E-state index < -0.39 is 6.61 Å². The summed E-state index contributed by atoms with van der Waals surface area (Å²) in [5.74, 6) is -0.277. The molecule has 3 rings (SSSR count). The van der Waals surface area contributed by atoms with Gasteiger partial charge in [0.05, 0.1) is 28.8 Å². The molecule has 0 saturated heterocycles. The van der Waals surface area contributed by atoms with Gasteiger partial charge >= 0.3 is 0 Å². The number of amides is 1. The van der Waals surface area contributed by atoms with Gasteiger partial charge in [-0.1, -0.05) is 23.2 Å². The van der Waals surface area contributed by atoms with Gasteiger partial charge in [-0.25, -0.2) is 0 Å². The third kappa shape index (κ3) is 1.98. The molecule has 1 aromatic heterocycles. The fraction of sp³-hybridized carbons (Fsp3) is 0.333. The number of nitrogens with zero attached hydrogens (tertiary/aromatic N) is 3. The van der Waals surface area contributed by atoms with Crippen molar-refractivity contribution in [3.8, 4) is 0 Å². The van der Waals surface area contributed by atoms with E-state index in [9.17, 15) is 4.79 Å². The van der Waals surface area contributed by atoms with Crippen molar-refractivity contribution in [3.63, 3.8) is 0 Å². The standard InChI is InChI=1S/C12H11Cl2N3O2/c13-8-2-1-7-9-5-16(10(19)6-18)3-4-17(9)15-12(7)11(8)14/h1-2,18H,3-6H2. The Morgan fingerprint density at radius 3 is 2.89 bits per heavy atom. The number of aromatic nitrogens is 2. The summed E-state index contributed by atoms with van der Waals surface area (Å²) >= 11 is 12.1. The molecule has 1 aromatic carbocycles. The number of aliphatic hydroxyl groups excluding tert-OH is 1. The summed E-state index contributed by atoms with van der Waals surface area (Å²) in [5.41, 5.74) is 1.57. The van der Waals surface area contributed by atoms with Gasteiger partial charge in [0.1, 0.15) is 12.1 Å². The van der Waals surface area contributed by atoms with Crippen LogP contribution in [0.2, 0.25) is 10.0 Å². The molecule has 7 heteroatoms. The van der Waals surface area contributed by atoms with Gasteiger partial charge in [0, 0.05) is 11.9 Å². The first kappa shape index (κ1) is 12.7. The molecular formula is C12H11Cl2N3O2. The van der Waals surface area contributed by atoms with Crippen molar-refractivity contribution in [1.29, 1.82) is 0 Å². The molecule has 0 radical (unpaired) electrons. The Kier molecular flexibility index (Phi) is 3.12. The fourth-order valence-electron chi connectivity index (χ4n) is 2.33. The molecule has 0 aliphatic carbocycles. The quantitative estimate of drug-likeness (QED) is 0.871. The Bertz CT molecular complexity index is 669. The second-order valence-electron chi connectivity index (χ2n) is 4.40. The molecule has 1 N–H and O–H groups in total. The average Bonchev–Trinajstić information content (AvgIpc) is 2.80. The molecule has 0 spiro atoms. The second-order valence-corrected chi connectivity index (χ2v) is 5.19. The third-order valence-electron chi connectivity index (χ3n) is 3.32. The largest absolute Gasteiger partial charge is 0.387 e. The number of fused-ring (bicyclic) bond motifs is 3. The molecule has 2 heterocycles. The summed E-state index contributed by atoms with van der Waals surface area (Å²) in [7, 11) is 0. The Balaban J connectivity index is 2.09. The van der Waals surface area contributed by atoms with Crippen LogP contribution in [-0.2, 0) is 17.9 Å². The number of benzene rings is 1. The summed E-state index contributed by atoms with van der Waals surface area (Å²) in [4.78, 5) is 13.2. The Morgan fingerprint density at radius 2 is 2.16 bits per heavy atom. The van der Waals surface area contributed by atoms with Gasteiger partial charge in [0.2, 0.25) is 5.91 Å². The second kappa shape index (κ2) is 4.67. The zero-order chi connectivity index (χ0) is 13.6. The zero-order valence-corrected chi connectivity index (χ0v) is 11.4. The Hall–Kier alpha value is -1.30. The molecular weight excluding hydrogens is 289 g/mol. The van der Waals surface area contributed by atoms with Crippen molar-refractivity contribution in [3.05, 3.63) is 27.9 Å². The van der Waals surface area contributed by atoms with Crippen LogP contribution in [0.4, 0.5) is 0 Å². The Morgan fingerprint density at radius 1 is 1.37 bits per heavy atom. The van der Waals surface area contributed by atoms with Crippen LogP contribution in [0, 0.1) is 0 Å². The lowest BCUT2D eigenvalue weighted by Gasteiger charge is -2.27. The number of halogens is 2. The molecule has 1 amide bonds. The monoisotopic (exact) mass is 299 g/mol. The van der Waals surface area contributed by atoms with Gasteiger partial charge in [-0.05, 0) is 12.1 Å². The highest BCUT2D eigenvalue weighted by Crippen LogP contribution is 2.33. The molecule has 5 nitrogen and oxygen atoms in total. The summed E-state index contributed by atoms with van der Waals surface area (Å²) in [5, 5.41) is 15.2. The maximum absolute atomic E-state index is 11.6. The van der Waals surface area contributed by atoms with Gasteiger partial charge in [0.15, 0.2) is 0 Å². The van der Waals surface area contributed by atoms with E-state index in [-0.39, 0.29) is 5.91 Å². The van der Waals surface area contributed by atoms with Gasteiger partial charge in [0.25, 0.3) is 0 Å². The normalized spacial score (nSPS) is 14.8. The van der Waals surface area contributed by atoms with E-state index in [1.54, 1.807) is 11.0 Å². The summed E-state index contributed by atoms with van der Waals surface area (Å²) in [6, 6.07) is 3.58. The highest BCUT2D eigenvalue weighted by molar-refractivity contribution is 6.45. The number of hydrogen-bond donors (Lipinski definition) is 1. The zero-order valence-electron chi connectivity index (χ0n) is 9.94. The first-order chi connectivity index (χ1) is 9.11. The van der Waals surface area contributed by atoms with Gasteiger partial charge in [-0.3, -0.25) is 9.48 Å². The molecule has 0 fully saturated rings. The first-order valence-electron chi connectivity index (χ1n) is 5.84. The van der Waals surface area contributed by atoms with E-state index in [4.69, 9.17) is 28.3 Å². The van der Waals surface area contributed by atoms with Crippen LogP contribution < -0.4 is 0 Å². The topological polar surface area (TPSA) is 58.4 Å². The minimum Gasteiger partial charge on any atom is -0.387 e. The van der Waals surface area contributed by atoms with Crippen LogP contribution in [0.1, 0.15) is 5.69 Å². The smallest absolute Gasteiger partial charge is 0.248 e. The maximum atomic E-state index is 11.6. The van der Waals surface area contributed by atoms with Crippen molar-refractivity contribution in [2.75, 3.05) is 13.2 Å². The molecule has 100 valence electrons. The predicted molar refractivity (Wildman–Crippen MR) is 72.3 cm³/mol. The molecule has 0 unspecified atom stereocenters. The van der Waals surface area contributed by atoms with Crippen LogP contribution in [0.25, 0.3) is 10.9 Å². The lowest BCUT2D eigenvalue weighted by Crippen LogP contribution is -2.39. The van der Waals surface area contributed by atoms with Crippen LogP contribution in [0.3, 0.4) is 0 Å². The van der Waals surface area contributed by atoms with Crippen molar-refractivity contribution >= 4 is 40.0 Å². The molecule has 1 aliphatic rings. The van der Waals surface area contributed by atoms with E-state index in [0.717, 1.165) is 11.1 Å². The van der Waals surface area contributed by atoms with E-state index in [0.29, 0.717) is 35.2 Å². The number of aliphatic hydroxyl groups is 1. The number of hydrogen-bond acceptors (Lipinski definition) is 3. The fourth-order valence-corrected chi connectivity index (χ4v) is 2.69. The van der Waals surface area contributed by atoms with Crippen LogP contribution in [0.15, 0.2) is 12.1 Å². The first-order valence-corrected chi connectivity index (χ1v) is 6.59. The van der Waals surface area contributed by atoms with Gasteiger partial charge in [-0.15, -0.1) is 0 Å². The van der Waals surface area contributed by atoms with Gasteiger partial charge in [-0.2, -0.15) is 5.10 Å². The number of rotatable bonds is 1. The number of carbonyl (C=O) groups is 1. The maximum Gasteiger partial charge on any atom is 0.248 e. The molecule has 0 atom stereocenters. The van der Waals surface area contributed by atoms with Gasteiger partial charge < -0.3 is 10.0 Å². The van der Waals surface area contributed by atoms with Crippen molar-refractivity contribution < 1.29 is 9.90 Å². The SMILES string of the molecule is O=C(CO)N1CCn2nc3c(Cl)c(Cl)ccc3c2C1. The molecule has 2 aromatic rings. The van der Waals surface area contributed by atoms with E-state index in [1.807, 2.05) is 10.7 Å². The molecule has 1 aliphatic heterocycles. The number of carbonyl (C=O) groups excluding carboxylic acids is 1. The summed E-state index contributed by atoms with van der Waals surface area (Å²) < 4.78 is 1.84. The van der Waals surface area contributed by atoms with E-state index >= 15 is 0 Å². The van der Waals surface area contributed by atoms with Crippen molar-refractivity contribution in [1.82, 2.24) is 14.7 Å². The molecule has 0 bridgehead atoms. The Labute approximate surface area is 119 Å². The van der Waals surface area contributed by atoms with Crippen LogP contribution in [-0.4, -0.2) is 38.8 Å². The van der Waals surface area contributed by atoms with Crippen molar-refractivity contribution in [2.24, 2.45) is 0 Å². The summed E-state index contributed by atoms with van der Waals surface area (Å²) in [6.45, 7) is 1.07. The lowest BCUT2D eigenvalue weighted by atomic mass is 10.2. The third-order valence-corrected chi connectivity index (χ3v) is 4.12. The van der Waals surface area contributed by atoms with Crippen molar-refractivity contribution in [2.45, 2.75) is 13.1 Å². The molecule has 19 heavy (non-hydrogen) atoms. The highest BCUT2D eigenvalue weighted by atomic mass is 35.5. The molecule has 0 saturated carbocycles. The highest BCUT2D eigenvalue weighted by Gasteiger charge is 2.24. The van der Waals surface area contributed by atoms with Crippen LogP contribution in [0.5, 0.6) is 0 Å². The van der Waals surface area contributed by atoms with Crippen LogP contribution >= 0.6 is 23.2 Å². The minimum atomic E-state index is -0.474. The minimum absolute atomic E-state index is 0.277. The van der Waals surface area contributed by atoms with E-state index in [2.05, 4.69) is 5.10 Å². The van der Waals surface area contributed by atoms with E-state index in [1.165, 1.54) is 0 Å². The lowest BCUT2D eigenvalue weighted by molar-refractivity contribution is -0.135. The summed E-state index contributed by atoms with van der Waals surface area (Å²) in [6.07, 6.45) is 0. The average molecular weight is 300 g/mol. The predicted octanol–water partition coefficient (Wildman–Crippen LogP) is 1.68.